The maximum absolute atomic E-state index is 12.7. The summed E-state index contributed by atoms with van der Waals surface area (Å²) >= 11 is 0. The van der Waals surface area contributed by atoms with E-state index in [9.17, 15) is 4.79 Å². The summed E-state index contributed by atoms with van der Waals surface area (Å²) in [7, 11) is 1.66. The molecule has 25 heavy (non-hydrogen) atoms. The van der Waals surface area contributed by atoms with Gasteiger partial charge >= 0.3 is 0 Å². The Balaban J connectivity index is 1.68. The number of hydrogen-bond acceptors (Lipinski definition) is 3. The molecular weight excluding hydrogens is 314 g/mol. The molecule has 1 aliphatic rings. The SMILES string of the molecule is CCc1ccccc1OCC(=O)N1CCCC1c1cccc(OC)c1. The lowest BCUT2D eigenvalue weighted by Crippen LogP contribution is -2.34. The van der Waals surface area contributed by atoms with Crippen molar-refractivity contribution in [1.29, 1.82) is 0 Å². The number of nitrogens with zero attached hydrogens (tertiary/aromatic N) is 1. The molecule has 0 spiro atoms. The van der Waals surface area contributed by atoms with Gasteiger partial charge in [0, 0.05) is 6.54 Å². The summed E-state index contributed by atoms with van der Waals surface area (Å²) in [5, 5.41) is 0. The number of ether oxygens (including phenoxy) is 2. The molecule has 1 atom stereocenters. The highest BCUT2D eigenvalue weighted by Crippen LogP contribution is 2.33. The predicted octanol–water partition coefficient (Wildman–Crippen LogP) is 4.00. The highest BCUT2D eigenvalue weighted by molar-refractivity contribution is 5.78. The molecule has 1 heterocycles. The molecule has 1 fully saturated rings. The van der Waals surface area contributed by atoms with Gasteiger partial charge in [0.15, 0.2) is 6.61 Å². The van der Waals surface area contributed by atoms with Gasteiger partial charge in [-0.1, -0.05) is 37.3 Å². The van der Waals surface area contributed by atoms with Crippen LogP contribution >= 0.6 is 0 Å². The Morgan fingerprint density at radius 1 is 1.20 bits per heavy atom. The molecule has 2 aromatic rings. The minimum Gasteiger partial charge on any atom is -0.497 e. The van der Waals surface area contributed by atoms with E-state index in [1.807, 2.05) is 47.4 Å². The fraction of sp³-hybridized carbons (Fsp3) is 0.381. The third-order valence-electron chi connectivity index (χ3n) is 4.76. The van der Waals surface area contributed by atoms with Gasteiger partial charge < -0.3 is 14.4 Å². The van der Waals surface area contributed by atoms with Gasteiger partial charge in [-0.3, -0.25) is 4.79 Å². The van der Waals surface area contributed by atoms with E-state index in [0.29, 0.717) is 0 Å². The largest absolute Gasteiger partial charge is 0.497 e. The lowest BCUT2D eigenvalue weighted by molar-refractivity contribution is -0.134. The van der Waals surface area contributed by atoms with E-state index in [2.05, 4.69) is 13.0 Å². The maximum atomic E-state index is 12.7. The fourth-order valence-corrected chi connectivity index (χ4v) is 3.42. The van der Waals surface area contributed by atoms with Crippen LogP contribution in [0.3, 0.4) is 0 Å². The average Bonchev–Trinajstić information content (AvgIpc) is 3.16. The van der Waals surface area contributed by atoms with Gasteiger partial charge in [-0.05, 0) is 48.6 Å². The maximum Gasteiger partial charge on any atom is 0.261 e. The number of amides is 1. The Bertz CT molecular complexity index is 729. The topological polar surface area (TPSA) is 38.8 Å². The van der Waals surface area contributed by atoms with Crippen LogP contribution in [0, 0.1) is 0 Å². The second kappa shape index (κ2) is 8.06. The van der Waals surface area contributed by atoms with Crippen LogP contribution in [0.15, 0.2) is 48.5 Å². The average molecular weight is 339 g/mol. The minimum absolute atomic E-state index is 0.0382. The summed E-state index contributed by atoms with van der Waals surface area (Å²) in [5.41, 5.74) is 2.25. The molecule has 0 radical (unpaired) electrons. The molecule has 4 heteroatoms. The zero-order valence-corrected chi connectivity index (χ0v) is 14.9. The number of likely N-dealkylation sites (tertiary alicyclic amines) is 1. The van der Waals surface area contributed by atoms with Crippen molar-refractivity contribution in [1.82, 2.24) is 4.90 Å². The molecule has 1 unspecified atom stereocenters. The molecule has 1 saturated heterocycles. The first-order valence-electron chi connectivity index (χ1n) is 8.87. The summed E-state index contributed by atoms with van der Waals surface area (Å²) < 4.78 is 11.1. The van der Waals surface area contributed by atoms with Crippen molar-refractivity contribution < 1.29 is 14.3 Å². The second-order valence-corrected chi connectivity index (χ2v) is 6.27. The van der Waals surface area contributed by atoms with Gasteiger partial charge in [0.25, 0.3) is 5.91 Å². The summed E-state index contributed by atoms with van der Waals surface area (Å²) in [6.07, 6.45) is 2.88. The van der Waals surface area contributed by atoms with Gasteiger partial charge in [0.05, 0.1) is 13.2 Å². The summed E-state index contributed by atoms with van der Waals surface area (Å²) in [5.74, 6) is 1.66. The van der Waals surface area contributed by atoms with Crippen LogP contribution in [0.25, 0.3) is 0 Å². The van der Waals surface area contributed by atoms with Crippen LogP contribution < -0.4 is 9.47 Å². The number of rotatable bonds is 6. The normalized spacial score (nSPS) is 16.7. The van der Waals surface area contributed by atoms with E-state index in [0.717, 1.165) is 48.4 Å². The zero-order chi connectivity index (χ0) is 17.6. The quantitative estimate of drug-likeness (QED) is 0.798. The van der Waals surface area contributed by atoms with Gasteiger partial charge in [-0.25, -0.2) is 0 Å². The van der Waals surface area contributed by atoms with Crippen molar-refractivity contribution in [3.63, 3.8) is 0 Å². The first kappa shape index (κ1) is 17.3. The molecule has 3 rings (SSSR count). The van der Waals surface area contributed by atoms with Crippen LogP contribution in [-0.2, 0) is 11.2 Å². The van der Waals surface area contributed by atoms with Crippen LogP contribution in [0.5, 0.6) is 11.5 Å². The third-order valence-corrected chi connectivity index (χ3v) is 4.76. The predicted molar refractivity (Wildman–Crippen MR) is 98.0 cm³/mol. The molecule has 1 aliphatic heterocycles. The smallest absolute Gasteiger partial charge is 0.261 e. The van der Waals surface area contributed by atoms with Gasteiger partial charge in [0.1, 0.15) is 11.5 Å². The van der Waals surface area contributed by atoms with Crippen molar-refractivity contribution in [3.05, 3.63) is 59.7 Å². The molecule has 0 bridgehead atoms. The van der Waals surface area contributed by atoms with E-state index in [4.69, 9.17) is 9.47 Å². The zero-order valence-electron chi connectivity index (χ0n) is 14.9. The molecule has 4 nitrogen and oxygen atoms in total. The standard InChI is InChI=1S/C21H25NO3/c1-3-16-8-4-5-12-20(16)25-15-21(23)22-13-7-11-19(22)17-9-6-10-18(14-17)24-2/h4-6,8-10,12,14,19H,3,7,11,13,15H2,1-2H3. The van der Waals surface area contributed by atoms with Crippen LogP contribution in [0.2, 0.25) is 0 Å². The van der Waals surface area contributed by atoms with E-state index in [-0.39, 0.29) is 18.6 Å². The first-order chi connectivity index (χ1) is 12.2. The molecule has 2 aromatic carbocycles. The number of carbonyl (C=O) groups is 1. The van der Waals surface area contributed by atoms with Crippen molar-refractivity contribution >= 4 is 5.91 Å². The van der Waals surface area contributed by atoms with E-state index in [1.54, 1.807) is 7.11 Å². The molecule has 0 aromatic heterocycles. The van der Waals surface area contributed by atoms with E-state index in [1.165, 1.54) is 0 Å². The van der Waals surface area contributed by atoms with Crippen molar-refractivity contribution in [2.75, 3.05) is 20.3 Å². The molecule has 0 N–H and O–H groups in total. The second-order valence-electron chi connectivity index (χ2n) is 6.27. The molecule has 0 aliphatic carbocycles. The third kappa shape index (κ3) is 3.95. The number of methoxy groups -OCH3 is 1. The number of carbonyl (C=O) groups excluding carboxylic acids is 1. The molecular formula is C21H25NO3. The highest BCUT2D eigenvalue weighted by atomic mass is 16.5. The van der Waals surface area contributed by atoms with Crippen LogP contribution in [0.1, 0.15) is 36.9 Å². The highest BCUT2D eigenvalue weighted by Gasteiger charge is 2.30. The summed E-state index contributed by atoms with van der Waals surface area (Å²) in [6, 6.07) is 16.0. The minimum atomic E-state index is 0.0382. The summed E-state index contributed by atoms with van der Waals surface area (Å²) in [4.78, 5) is 14.7. The Morgan fingerprint density at radius 3 is 2.84 bits per heavy atom. The molecule has 0 saturated carbocycles. The van der Waals surface area contributed by atoms with E-state index >= 15 is 0 Å². The monoisotopic (exact) mass is 339 g/mol. The Hall–Kier alpha value is -2.49. The summed E-state index contributed by atoms with van der Waals surface area (Å²) in [6.45, 7) is 2.94. The Kier molecular flexibility index (Phi) is 5.59. The lowest BCUT2D eigenvalue weighted by Gasteiger charge is -2.25. The van der Waals surface area contributed by atoms with Gasteiger partial charge in [-0.15, -0.1) is 0 Å². The Labute approximate surface area is 149 Å². The van der Waals surface area contributed by atoms with Gasteiger partial charge in [0.2, 0.25) is 0 Å². The van der Waals surface area contributed by atoms with Crippen LogP contribution in [0.4, 0.5) is 0 Å². The van der Waals surface area contributed by atoms with Crippen molar-refractivity contribution in [2.45, 2.75) is 32.2 Å². The molecule has 132 valence electrons. The van der Waals surface area contributed by atoms with Crippen LogP contribution in [-0.4, -0.2) is 31.1 Å². The van der Waals surface area contributed by atoms with Crippen molar-refractivity contribution in [3.8, 4) is 11.5 Å². The molecule has 1 amide bonds. The Morgan fingerprint density at radius 2 is 2.04 bits per heavy atom. The fourth-order valence-electron chi connectivity index (χ4n) is 3.42. The number of benzene rings is 2. The van der Waals surface area contributed by atoms with Gasteiger partial charge in [-0.2, -0.15) is 0 Å². The van der Waals surface area contributed by atoms with E-state index < -0.39 is 0 Å². The number of hydrogen-bond donors (Lipinski definition) is 0. The number of para-hydroxylation sites is 1. The van der Waals surface area contributed by atoms with Crippen molar-refractivity contribution in [2.24, 2.45) is 0 Å². The number of aryl methyl sites for hydroxylation is 1. The lowest BCUT2D eigenvalue weighted by atomic mass is 10.0. The first-order valence-corrected chi connectivity index (χ1v) is 8.87.